The van der Waals surface area contributed by atoms with Gasteiger partial charge in [-0.15, -0.1) is 0 Å². The van der Waals surface area contributed by atoms with Gasteiger partial charge in [-0.25, -0.2) is 8.42 Å². The minimum atomic E-state index is -3.84. The van der Waals surface area contributed by atoms with Crippen molar-refractivity contribution in [3.05, 3.63) is 38.9 Å². The summed E-state index contributed by atoms with van der Waals surface area (Å²) in [5, 5.41) is 10.3. The van der Waals surface area contributed by atoms with E-state index in [0.717, 1.165) is 5.56 Å². The van der Waals surface area contributed by atoms with Gasteiger partial charge in [0.2, 0.25) is 9.84 Å². The number of hydrogen-bond acceptors (Lipinski definition) is 4. The molecule has 0 spiro atoms. The van der Waals surface area contributed by atoms with Crippen molar-refractivity contribution in [2.75, 3.05) is 5.88 Å². The molecule has 5 nitrogen and oxygen atoms in total. The summed E-state index contributed by atoms with van der Waals surface area (Å²) >= 11 is 0. The largest absolute Gasteiger partial charge is 0.305 e. The summed E-state index contributed by atoms with van der Waals surface area (Å²) < 4.78 is 23.5. The Labute approximate surface area is 94.2 Å². The van der Waals surface area contributed by atoms with Crippen LogP contribution in [0.5, 0.6) is 0 Å². The van der Waals surface area contributed by atoms with Crippen molar-refractivity contribution in [2.45, 2.75) is 25.7 Å². The number of sulfone groups is 1. The zero-order chi connectivity index (χ0) is 12.5. The molecule has 0 bridgehead atoms. The molecule has 88 valence electrons. The molecule has 0 atom stereocenters. The van der Waals surface area contributed by atoms with Gasteiger partial charge in [0.25, 0.3) is 0 Å². The smallest absolute Gasteiger partial charge is 0.263 e. The molecular formula is C10H13NO4S. The zero-order valence-electron chi connectivity index (χ0n) is 9.35. The fraction of sp³-hybridized carbons (Fsp3) is 0.400. The van der Waals surface area contributed by atoms with Gasteiger partial charge in [-0.2, -0.15) is 0 Å². The van der Waals surface area contributed by atoms with E-state index in [9.17, 15) is 18.5 Å². The van der Waals surface area contributed by atoms with Crippen LogP contribution >= 0.6 is 0 Å². The van der Waals surface area contributed by atoms with Crippen LogP contribution in [0.15, 0.2) is 17.0 Å². The van der Waals surface area contributed by atoms with Crippen LogP contribution in [-0.2, 0) is 9.84 Å². The quantitative estimate of drug-likeness (QED) is 0.597. The Balaban J connectivity index is 3.39. The molecule has 0 saturated heterocycles. The highest BCUT2D eigenvalue weighted by Gasteiger charge is 2.25. The summed E-state index contributed by atoms with van der Waals surface area (Å²) in [6.45, 7) is 5.14. The van der Waals surface area contributed by atoms with Crippen molar-refractivity contribution < 1.29 is 13.3 Å². The van der Waals surface area contributed by atoms with Gasteiger partial charge in [0.05, 0.1) is 4.90 Å². The number of benzene rings is 1. The molecule has 0 amide bonds. The van der Waals surface area contributed by atoms with Crippen molar-refractivity contribution in [3.63, 3.8) is 0 Å². The number of aryl methyl sites for hydroxylation is 3. The van der Waals surface area contributed by atoms with Gasteiger partial charge in [-0.05, 0) is 31.9 Å². The number of rotatable bonds is 3. The van der Waals surface area contributed by atoms with E-state index >= 15 is 0 Å². The molecule has 6 heteroatoms. The zero-order valence-corrected chi connectivity index (χ0v) is 10.2. The SMILES string of the molecule is Cc1cc(C)c(S(=O)(=O)C[N+](=O)[O-])c(C)c1. The Morgan fingerprint density at radius 3 is 2.00 bits per heavy atom. The molecule has 0 fully saturated rings. The van der Waals surface area contributed by atoms with Crippen LogP contribution in [0.2, 0.25) is 0 Å². The first-order valence-corrected chi connectivity index (χ1v) is 6.31. The van der Waals surface area contributed by atoms with Gasteiger partial charge in [0.15, 0.2) is 0 Å². The van der Waals surface area contributed by atoms with Gasteiger partial charge in [0.1, 0.15) is 0 Å². The molecule has 1 aromatic carbocycles. The maximum atomic E-state index is 11.8. The lowest BCUT2D eigenvalue weighted by Gasteiger charge is -2.09. The van der Waals surface area contributed by atoms with E-state index in [1.54, 1.807) is 26.0 Å². The predicted octanol–water partition coefficient (Wildman–Crippen LogP) is 1.62. The average molecular weight is 243 g/mol. The fourth-order valence-corrected chi connectivity index (χ4v) is 3.37. The molecule has 0 aromatic heterocycles. The van der Waals surface area contributed by atoms with Crippen LogP contribution in [0.25, 0.3) is 0 Å². The van der Waals surface area contributed by atoms with Crippen molar-refractivity contribution in [2.24, 2.45) is 0 Å². The highest BCUT2D eigenvalue weighted by molar-refractivity contribution is 7.91. The number of nitrogens with zero attached hydrogens (tertiary/aromatic N) is 1. The van der Waals surface area contributed by atoms with Crippen LogP contribution in [0, 0.1) is 30.9 Å². The second-order valence-electron chi connectivity index (χ2n) is 3.80. The van der Waals surface area contributed by atoms with Gasteiger partial charge in [-0.3, -0.25) is 10.1 Å². The van der Waals surface area contributed by atoms with Gasteiger partial charge in [0, 0.05) is 4.92 Å². The lowest BCUT2D eigenvalue weighted by atomic mass is 10.1. The third-order valence-electron chi connectivity index (χ3n) is 2.19. The lowest BCUT2D eigenvalue weighted by Crippen LogP contribution is -2.16. The number of hydrogen-bond donors (Lipinski definition) is 0. The van der Waals surface area contributed by atoms with Crippen LogP contribution in [0.1, 0.15) is 16.7 Å². The molecule has 0 heterocycles. The third kappa shape index (κ3) is 2.57. The Morgan fingerprint density at radius 2 is 1.62 bits per heavy atom. The maximum absolute atomic E-state index is 11.8. The van der Waals surface area contributed by atoms with E-state index in [0.29, 0.717) is 11.1 Å². The first-order chi connectivity index (χ1) is 7.24. The van der Waals surface area contributed by atoms with E-state index < -0.39 is 20.6 Å². The minimum absolute atomic E-state index is 0.0785. The van der Waals surface area contributed by atoms with Crippen molar-refractivity contribution in [1.82, 2.24) is 0 Å². The molecule has 16 heavy (non-hydrogen) atoms. The van der Waals surface area contributed by atoms with Crippen molar-refractivity contribution >= 4 is 9.84 Å². The third-order valence-corrected chi connectivity index (χ3v) is 4.01. The first kappa shape index (κ1) is 12.6. The molecule has 1 aromatic rings. The molecule has 0 radical (unpaired) electrons. The molecule has 0 saturated carbocycles. The molecule has 0 N–H and O–H groups in total. The molecule has 1 rings (SSSR count). The van der Waals surface area contributed by atoms with Crippen LogP contribution in [0.3, 0.4) is 0 Å². The van der Waals surface area contributed by atoms with Gasteiger partial charge in [-0.1, -0.05) is 17.7 Å². The normalized spacial score (nSPS) is 11.4. The standard InChI is InChI=1S/C10H13NO4S/c1-7-4-8(2)10(9(3)5-7)16(14,15)6-11(12)13/h4-5H,6H2,1-3H3. The fourth-order valence-electron chi connectivity index (χ4n) is 1.86. The maximum Gasteiger partial charge on any atom is 0.305 e. The van der Waals surface area contributed by atoms with Gasteiger partial charge >= 0.3 is 5.88 Å². The Hall–Kier alpha value is -1.43. The summed E-state index contributed by atoms with van der Waals surface area (Å²) in [5.41, 5.74) is 2.05. The molecule has 0 aliphatic heterocycles. The molecule has 0 unspecified atom stereocenters. The lowest BCUT2D eigenvalue weighted by molar-refractivity contribution is -0.458. The topological polar surface area (TPSA) is 77.3 Å². The first-order valence-electron chi connectivity index (χ1n) is 4.66. The summed E-state index contributed by atoms with van der Waals surface area (Å²) in [6.07, 6.45) is 0. The molecule has 0 aliphatic carbocycles. The monoisotopic (exact) mass is 243 g/mol. The van der Waals surface area contributed by atoms with Crippen LogP contribution in [0.4, 0.5) is 0 Å². The highest BCUT2D eigenvalue weighted by atomic mass is 32.2. The van der Waals surface area contributed by atoms with E-state index in [2.05, 4.69) is 0 Å². The number of nitro groups is 1. The van der Waals surface area contributed by atoms with Gasteiger partial charge < -0.3 is 0 Å². The van der Waals surface area contributed by atoms with E-state index in [1.807, 2.05) is 6.92 Å². The summed E-state index contributed by atoms with van der Waals surface area (Å²) in [5.74, 6) is -1.06. The summed E-state index contributed by atoms with van der Waals surface area (Å²) in [4.78, 5) is 9.56. The van der Waals surface area contributed by atoms with E-state index in [4.69, 9.17) is 0 Å². The summed E-state index contributed by atoms with van der Waals surface area (Å²) in [7, 11) is -3.84. The Kier molecular flexibility index (Phi) is 3.32. The van der Waals surface area contributed by atoms with Crippen LogP contribution in [-0.4, -0.2) is 19.2 Å². The summed E-state index contributed by atoms with van der Waals surface area (Å²) in [6, 6.07) is 3.42. The average Bonchev–Trinajstić information content (AvgIpc) is 1.96. The van der Waals surface area contributed by atoms with E-state index in [-0.39, 0.29) is 4.90 Å². The minimum Gasteiger partial charge on any atom is -0.263 e. The van der Waals surface area contributed by atoms with Crippen LogP contribution < -0.4 is 0 Å². The molecule has 0 aliphatic rings. The Morgan fingerprint density at radius 1 is 1.19 bits per heavy atom. The van der Waals surface area contributed by atoms with E-state index in [1.165, 1.54) is 0 Å². The predicted molar refractivity (Wildman–Crippen MR) is 59.7 cm³/mol. The van der Waals surface area contributed by atoms with Crippen molar-refractivity contribution in [1.29, 1.82) is 0 Å². The van der Waals surface area contributed by atoms with Crippen molar-refractivity contribution in [3.8, 4) is 0 Å². The molecular weight excluding hydrogens is 230 g/mol. The Bertz CT molecular complexity index is 511. The second kappa shape index (κ2) is 4.21. The second-order valence-corrected chi connectivity index (χ2v) is 5.70. The highest BCUT2D eigenvalue weighted by Crippen LogP contribution is 2.22.